The quantitative estimate of drug-likeness (QED) is 0.227. The summed E-state index contributed by atoms with van der Waals surface area (Å²) < 4.78 is 44.7. The van der Waals surface area contributed by atoms with E-state index in [1.165, 1.54) is 12.8 Å². The molecule has 0 radical (unpaired) electrons. The summed E-state index contributed by atoms with van der Waals surface area (Å²) >= 11 is 0. The molecule has 1 saturated carbocycles. The zero-order valence-corrected chi connectivity index (χ0v) is 22.5. The Morgan fingerprint density at radius 1 is 0.676 bits per heavy atom. The normalized spacial score (nSPS) is 17.8. The molecule has 0 heterocycles. The maximum atomic E-state index is 15.1. The highest BCUT2D eigenvalue weighted by Gasteiger charge is 2.26. The maximum Gasteiger partial charge on any atom is 0.166 e. The third-order valence-corrected chi connectivity index (χ3v) is 8.23. The Balaban J connectivity index is 1.37. The predicted octanol–water partition coefficient (Wildman–Crippen LogP) is 10.4. The lowest BCUT2D eigenvalue weighted by Crippen LogP contribution is -2.14. The zero-order chi connectivity index (χ0) is 26.2. The van der Waals surface area contributed by atoms with Crippen LogP contribution in [0.4, 0.5) is 13.2 Å². The molecule has 0 nitrogen and oxygen atoms in total. The first-order chi connectivity index (χ1) is 18.0. The first-order valence-electron chi connectivity index (χ1n) is 14.3. The summed E-state index contributed by atoms with van der Waals surface area (Å²) in [6, 6.07) is 16.8. The molecule has 4 rings (SSSR count). The van der Waals surface area contributed by atoms with E-state index in [4.69, 9.17) is 0 Å². The second-order valence-corrected chi connectivity index (χ2v) is 10.9. The van der Waals surface area contributed by atoms with Crippen LogP contribution < -0.4 is 0 Å². The van der Waals surface area contributed by atoms with Crippen molar-refractivity contribution in [2.45, 2.75) is 96.8 Å². The predicted molar refractivity (Wildman–Crippen MR) is 148 cm³/mol. The van der Waals surface area contributed by atoms with Gasteiger partial charge in [-0.3, -0.25) is 0 Å². The smallest absolute Gasteiger partial charge is 0.166 e. The molecule has 0 aromatic heterocycles. The van der Waals surface area contributed by atoms with Gasteiger partial charge in [0.2, 0.25) is 0 Å². The summed E-state index contributed by atoms with van der Waals surface area (Å²) in [5, 5.41) is 0. The lowest BCUT2D eigenvalue weighted by atomic mass is 9.77. The van der Waals surface area contributed by atoms with Crippen molar-refractivity contribution in [3.63, 3.8) is 0 Å². The minimum Gasteiger partial charge on any atom is -0.207 e. The molecule has 0 spiro atoms. The van der Waals surface area contributed by atoms with Crippen LogP contribution in [0.2, 0.25) is 0 Å². The lowest BCUT2D eigenvalue weighted by molar-refractivity contribution is 0.303. The molecule has 1 aliphatic carbocycles. The van der Waals surface area contributed by atoms with E-state index >= 15 is 8.78 Å². The molecule has 0 saturated heterocycles. The fraction of sp³-hybridized carbons (Fsp3) is 0.471. The van der Waals surface area contributed by atoms with Gasteiger partial charge in [-0.05, 0) is 97.1 Å². The van der Waals surface area contributed by atoms with Crippen molar-refractivity contribution in [3.05, 3.63) is 94.3 Å². The summed E-state index contributed by atoms with van der Waals surface area (Å²) in [6.45, 7) is 4.36. The van der Waals surface area contributed by atoms with E-state index in [-0.39, 0.29) is 11.7 Å². The Morgan fingerprint density at radius 3 is 2.05 bits per heavy atom. The van der Waals surface area contributed by atoms with Crippen molar-refractivity contribution in [1.82, 2.24) is 0 Å². The van der Waals surface area contributed by atoms with Crippen LogP contribution in [0.1, 0.15) is 99.8 Å². The summed E-state index contributed by atoms with van der Waals surface area (Å²) in [5.41, 5.74) is 4.40. The molecule has 0 atom stereocenters. The Hall–Kier alpha value is -2.55. The van der Waals surface area contributed by atoms with Crippen LogP contribution in [0.25, 0.3) is 11.1 Å². The molecular formula is C34H41F3. The van der Waals surface area contributed by atoms with E-state index < -0.39 is 11.6 Å². The number of unbranched alkanes of at least 4 members (excludes halogenated alkanes) is 2. The van der Waals surface area contributed by atoms with Gasteiger partial charge in [-0.15, -0.1) is 0 Å². The van der Waals surface area contributed by atoms with Gasteiger partial charge in [-0.2, -0.15) is 0 Å². The SMILES string of the molecule is CCCCCc1ccc(CCc2ccc(-c3ccc(C4CCC(CCC)CC4)c(F)c3F)cc2)cc1F. The molecule has 1 fully saturated rings. The summed E-state index contributed by atoms with van der Waals surface area (Å²) in [6.07, 6.45) is 12.1. The van der Waals surface area contributed by atoms with E-state index in [2.05, 4.69) is 13.8 Å². The summed E-state index contributed by atoms with van der Waals surface area (Å²) in [4.78, 5) is 0. The fourth-order valence-corrected chi connectivity index (χ4v) is 5.93. The number of hydrogen-bond donors (Lipinski definition) is 0. The molecule has 0 bridgehead atoms. The first kappa shape index (κ1) is 27.5. The standard InChI is InChI=1S/C34H41F3/c1-3-5-6-8-29-20-15-26(23-32(29)35)10-9-25-13-18-28(19-14-25)31-22-21-30(33(36)34(31)37)27-16-11-24(7-4-2)12-17-27/h13-15,18-24,27H,3-12,16-17H2,1-2H3. The molecule has 1 aliphatic rings. The number of aryl methyl sites for hydroxylation is 3. The first-order valence-corrected chi connectivity index (χ1v) is 14.3. The number of halogens is 3. The highest BCUT2D eigenvalue weighted by atomic mass is 19.2. The Labute approximate surface area is 221 Å². The fourth-order valence-electron chi connectivity index (χ4n) is 5.93. The van der Waals surface area contributed by atoms with Crippen LogP contribution in [0.5, 0.6) is 0 Å². The lowest BCUT2D eigenvalue weighted by Gasteiger charge is -2.29. The minimum absolute atomic E-state index is 0.112. The van der Waals surface area contributed by atoms with Gasteiger partial charge in [-0.25, -0.2) is 13.2 Å². The van der Waals surface area contributed by atoms with Gasteiger partial charge >= 0.3 is 0 Å². The molecule has 3 heteroatoms. The molecular weight excluding hydrogens is 465 g/mol. The third-order valence-electron chi connectivity index (χ3n) is 8.23. The summed E-state index contributed by atoms with van der Waals surface area (Å²) in [7, 11) is 0. The van der Waals surface area contributed by atoms with Gasteiger partial charge in [0.1, 0.15) is 5.82 Å². The molecule has 3 aromatic carbocycles. The van der Waals surface area contributed by atoms with E-state index in [0.717, 1.165) is 86.8 Å². The van der Waals surface area contributed by atoms with Crippen LogP contribution in [-0.2, 0) is 19.3 Å². The molecule has 0 amide bonds. The van der Waals surface area contributed by atoms with E-state index in [1.807, 2.05) is 36.4 Å². The van der Waals surface area contributed by atoms with E-state index in [1.54, 1.807) is 18.2 Å². The molecule has 0 N–H and O–H groups in total. The second-order valence-electron chi connectivity index (χ2n) is 10.9. The van der Waals surface area contributed by atoms with Gasteiger partial charge in [0, 0.05) is 5.56 Å². The van der Waals surface area contributed by atoms with E-state index in [9.17, 15) is 4.39 Å². The Morgan fingerprint density at radius 2 is 1.38 bits per heavy atom. The Kier molecular flexibility index (Phi) is 9.88. The van der Waals surface area contributed by atoms with Gasteiger partial charge in [0.25, 0.3) is 0 Å². The minimum atomic E-state index is -0.740. The third kappa shape index (κ3) is 7.06. The number of hydrogen-bond acceptors (Lipinski definition) is 0. The Bertz CT molecular complexity index is 1140. The molecule has 0 aliphatic heterocycles. The highest BCUT2D eigenvalue weighted by Crippen LogP contribution is 2.40. The average Bonchev–Trinajstić information content (AvgIpc) is 2.91. The largest absolute Gasteiger partial charge is 0.207 e. The van der Waals surface area contributed by atoms with Crippen molar-refractivity contribution in [3.8, 4) is 11.1 Å². The van der Waals surface area contributed by atoms with Gasteiger partial charge in [-0.1, -0.05) is 88.1 Å². The van der Waals surface area contributed by atoms with Crippen molar-refractivity contribution in [2.24, 2.45) is 5.92 Å². The average molecular weight is 507 g/mol. The van der Waals surface area contributed by atoms with Gasteiger partial charge in [0.15, 0.2) is 11.6 Å². The van der Waals surface area contributed by atoms with Crippen molar-refractivity contribution < 1.29 is 13.2 Å². The molecule has 0 unspecified atom stereocenters. The maximum absolute atomic E-state index is 15.1. The van der Waals surface area contributed by atoms with Gasteiger partial charge < -0.3 is 0 Å². The van der Waals surface area contributed by atoms with E-state index in [0.29, 0.717) is 16.7 Å². The zero-order valence-electron chi connectivity index (χ0n) is 22.5. The number of benzene rings is 3. The van der Waals surface area contributed by atoms with Crippen molar-refractivity contribution >= 4 is 0 Å². The monoisotopic (exact) mass is 506 g/mol. The molecule has 3 aromatic rings. The molecule has 198 valence electrons. The van der Waals surface area contributed by atoms with Crippen LogP contribution in [0.15, 0.2) is 54.6 Å². The number of rotatable bonds is 11. The molecule has 37 heavy (non-hydrogen) atoms. The van der Waals surface area contributed by atoms with Crippen LogP contribution in [-0.4, -0.2) is 0 Å². The summed E-state index contributed by atoms with van der Waals surface area (Å²) in [5.74, 6) is -0.676. The van der Waals surface area contributed by atoms with Crippen LogP contribution >= 0.6 is 0 Å². The highest BCUT2D eigenvalue weighted by molar-refractivity contribution is 5.65. The van der Waals surface area contributed by atoms with Crippen molar-refractivity contribution in [2.75, 3.05) is 0 Å². The topological polar surface area (TPSA) is 0 Å². The van der Waals surface area contributed by atoms with Crippen LogP contribution in [0.3, 0.4) is 0 Å². The second kappa shape index (κ2) is 13.3. The van der Waals surface area contributed by atoms with Gasteiger partial charge in [0.05, 0.1) is 0 Å². The van der Waals surface area contributed by atoms with Crippen molar-refractivity contribution in [1.29, 1.82) is 0 Å². The van der Waals surface area contributed by atoms with Crippen LogP contribution in [0, 0.1) is 23.4 Å².